The van der Waals surface area contributed by atoms with E-state index in [0.717, 1.165) is 0 Å². The first-order chi connectivity index (χ1) is 5.29. The van der Waals surface area contributed by atoms with E-state index in [0.29, 0.717) is 5.69 Å². The van der Waals surface area contributed by atoms with Gasteiger partial charge in [-0.15, -0.1) is 12.4 Å². The molecule has 3 N–H and O–H groups in total. The fourth-order valence-electron chi connectivity index (χ4n) is 0.758. The van der Waals surface area contributed by atoms with Gasteiger partial charge in [0.15, 0.2) is 0 Å². The SMILES string of the molecule is Cl.N#Cc1c(F)cccc1NN. The van der Waals surface area contributed by atoms with Gasteiger partial charge in [-0.3, -0.25) is 5.84 Å². The molecule has 0 radical (unpaired) electrons. The summed E-state index contributed by atoms with van der Waals surface area (Å²) in [6, 6.07) is 5.91. The molecule has 0 aliphatic heterocycles. The second-order valence-electron chi connectivity index (χ2n) is 1.92. The minimum absolute atomic E-state index is 0. The third kappa shape index (κ3) is 1.84. The van der Waals surface area contributed by atoms with Gasteiger partial charge in [-0.1, -0.05) is 6.07 Å². The number of nitriles is 1. The Morgan fingerprint density at radius 3 is 2.58 bits per heavy atom. The average molecular weight is 188 g/mol. The van der Waals surface area contributed by atoms with Gasteiger partial charge in [0.25, 0.3) is 0 Å². The van der Waals surface area contributed by atoms with Crippen LogP contribution in [-0.4, -0.2) is 0 Å². The van der Waals surface area contributed by atoms with E-state index >= 15 is 0 Å². The van der Waals surface area contributed by atoms with Crippen LogP contribution in [-0.2, 0) is 0 Å². The van der Waals surface area contributed by atoms with Gasteiger partial charge < -0.3 is 5.43 Å². The van der Waals surface area contributed by atoms with Crippen LogP contribution in [0.2, 0.25) is 0 Å². The zero-order valence-corrected chi connectivity index (χ0v) is 6.86. The normalized spacial score (nSPS) is 8.08. The predicted molar refractivity (Wildman–Crippen MR) is 46.2 cm³/mol. The maximum atomic E-state index is 12.7. The molecule has 64 valence electrons. The van der Waals surface area contributed by atoms with Crippen LogP contribution in [0.1, 0.15) is 5.56 Å². The number of hydrogen-bond acceptors (Lipinski definition) is 3. The van der Waals surface area contributed by atoms with E-state index in [-0.39, 0.29) is 18.0 Å². The molecule has 5 heteroatoms. The second kappa shape index (κ2) is 4.54. The van der Waals surface area contributed by atoms with Crippen molar-refractivity contribution >= 4 is 18.1 Å². The molecule has 1 aromatic rings. The molecule has 0 aliphatic rings. The molecular weight excluding hydrogens is 181 g/mol. The minimum Gasteiger partial charge on any atom is -0.323 e. The first-order valence-electron chi connectivity index (χ1n) is 2.95. The Morgan fingerprint density at radius 2 is 2.17 bits per heavy atom. The maximum absolute atomic E-state index is 12.7. The van der Waals surface area contributed by atoms with Crippen molar-refractivity contribution in [2.24, 2.45) is 5.84 Å². The molecule has 0 amide bonds. The third-order valence-corrected chi connectivity index (χ3v) is 1.28. The zero-order chi connectivity index (χ0) is 8.27. The lowest BCUT2D eigenvalue weighted by Gasteiger charge is -2.01. The molecule has 0 unspecified atom stereocenters. The summed E-state index contributed by atoms with van der Waals surface area (Å²) in [6.07, 6.45) is 0. The summed E-state index contributed by atoms with van der Waals surface area (Å²) in [6.45, 7) is 0. The van der Waals surface area contributed by atoms with Gasteiger partial charge in [0.05, 0.1) is 5.69 Å². The molecule has 0 saturated heterocycles. The minimum atomic E-state index is -0.567. The summed E-state index contributed by atoms with van der Waals surface area (Å²) in [4.78, 5) is 0. The molecule has 0 bridgehead atoms. The van der Waals surface area contributed by atoms with Crippen LogP contribution in [0.5, 0.6) is 0 Å². The van der Waals surface area contributed by atoms with Crippen molar-refractivity contribution in [1.82, 2.24) is 0 Å². The van der Waals surface area contributed by atoms with Gasteiger partial charge >= 0.3 is 0 Å². The highest BCUT2D eigenvalue weighted by atomic mass is 35.5. The lowest BCUT2D eigenvalue weighted by Crippen LogP contribution is -2.08. The summed E-state index contributed by atoms with van der Waals surface area (Å²) >= 11 is 0. The van der Waals surface area contributed by atoms with Gasteiger partial charge in [-0.2, -0.15) is 5.26 Å². The molecule has 0 fully saturated rings. The average Bonchev–Trinajstić information content (AvgIpc) is 2.04. The molecule has 1 aromatic carbocycles. The van der Waals surface area contributed by atoms with E-state index in [9.17, 15) is 4.39 Å². The van der Waals surface area contributed by atoms with Gasteiger partial charge in [-0.25, -0.2) is 4.39 Å². The Labute approximate surface area is 75.4 Å². The van der Waals surface area contributed by atoms with Crippen LogP contribution >= 0.6 is 12.4 Å². The number of nitrogen functional groups attached to an aromatic ring is 1. The Bertz CT molecular complexity index is 308. The number of nitrogens with two attached hydrogens (primary N) is 1. The Morgan fingerprint density at radius 1 is 1.50 bits per heavy atom. The van der Waals surface area contributed by atoms with Crippen LogP contribution in [0.15, 0.2) is 18.2 Å². The monoisotopic (exact) mass is 187 g/mol. The zero-order valence-electron chi connectivity index (χ0n) is 6.04. The lowest BCUT2D eigenvalue weighted by atomic mass is 10.2. The van der Waals surface area contributed by atoms with Crippen molar-refractivity contribution in [3.63, 3.8) is 0 Å². The van der Waals surface area contributed by atoms with Crippen LogP contribution < -0.4 is 11.3 Å². The van der Waals surface area contributed by atoms with Gasteiger partial charge in [0, 0.05) is 0 Å². The molecule has 0 aromatic heterocycles. The summed E-state index contributed by atoms with van der Waals surface area (Å²) in [5, 5.41) is 8.44. The molecule has 3 nitrogen and oxygen atoms in total. The summed E-state index contributed by atoms with van der Waals surface area (Å²) in [5.74, 6) is 4.46. The predicted octanol–water partition coefficient (Wildman–Crippen LogP) is 1.40. The highest BCUT2D eigenvalue weighted by Crippen LogP contribution is 2.15. The van der Waals surface area contributed by atoms with Crippen molar-refractivity contribution < 1.29 is 4.39 Å². The summed E-state index contributed by atoms with van der Waals surface area (Å²) in [5.41, 5.74) is 2.46. The number of nitrogens with one attached hydrogen (secondary N) is 1. The van der Waals surface area contributed by atoms with Crippen molar-refractivity contribution in [2.75, 3.05) is 5.43 Å². The maximum Gasteiger partial charge on any atom is 0.143 e. The third-order valence-electron chi connectivity index (χ3n) is 1.28. The second-order valence-corrected chi connectivity index (χ2v) is 1.92. The number of anilines is 1. The van der Waals surface area contributed by atoms with E-state index in [1.54, 1.807) is 6.07 Å². The molecule has 0 atom stereocenters. The number of benzene rings is 1. The number of rotatable bonds is 1. The quantitative estimate of drug-likeness (QED) is 0.516. The van der Waals surface area contributed by atoms with E-state index in [1.165, 1.54) is 18.2 Å². The first-order valence-corrected chi connectivity index (χ1v) is 2.95. The molecular formula is C7H7ClFN3. The molecule has 12 heavy (non-hydrogen) atoms. The summed E-state index contributed by atoms with van der Waals surface area (Å²) < 4.78 is 12.7. The Hall–Kier alpha value is -1.31. The van der Waals surface area contributed by atoms with E-state index < -0.39 is 5.82 Å². The first kappa shape index (κ1) is 10.7. The Balaban J connectivity index is 0.00000121. The van der Waals surface area contributed by atoms with Gasteiger partial charge in [0.2, 0.25) is 0 Å². The van der Waals surface area contributed by atoms with Crippen molar-refractivity contribution in [3.05, 3.63) is 29.6 Å². The van der Waals surface area contributed by atoms with Crippen molar-refractivity contribution in [1.29, 1.82) is 5.26 Å². The number of halogens is 2. The molecule has 0 spiro atoms. The van der Waals surface area contributed by atoms with Crippen LogP contribution in [0.4, 0.5) is 10.1 Å². The van der Waals surface area contributed by atoms with Crippen LogP contribution in [0.3, 0.4) is 0 Å². The molecule has 1 rings (SSSR count). The molecule has 0 heterocycles. The number of nitrogens with zero attached hydrogens (tertiary/aromatic N) is 1. The molecule has 0 aliphatic carbocycles. The number of hydrogen-bond donors (Lipinski definition) is 2. The van der Waals surface area contributed by atoms with Crippen LogP contribution in [0, 0.1) is 17.1 Å². The van der Waals surface area contributed by atoms with Gasteiger partial charge in [0.1, 0.15) is 17.4 Å². The fourth-order valence-corrected chi connectivity index (χ4v) is 0.758. The van der Waals surface area contributed by atoms with Gasteiger partial charge in [-0.05, 0) is 12.1 Å². The summed E-state index contributed by atoms with van der Waals surface area (Å²) in [7, 11) is 0. The van der Waals surface area contributed by atoms with Crippen LogP contribution in [0.25, 0.3) is 0 Å². The largest absolute Gasteiger partial charge is 0.323 e. The highest BCUT2D eigenvalue weighted by Gasteiger charge is 2.04. The van der Waals surface area contributed by atoms with E-state index in [4.69, 9.17) is 11.1 Å². The van der Waals surface area contributed by atoms with Crippen molar-refractivity contribution in [3.8, 4) is 6.07 Å². The smallest absolute Gasteiger partial charge is 0.143 e. The topological polar surface area (TPSA) is 61.8 Å². The van der Waals surface area contributed by atoms with E-state index in [1.807, 2.05) is 0 Å². The fraction of sp³-hybridized carbons (Fsp3) is 0. The highest BCUT2D eigenvalue weighted by molar-refractivity contribution is 5.85. The molecule has 0 saturated carbocycles. The number of hydrazine groups is 1. The van der Waals surface area contributed by atoms with E-state index in [2.05, 4.69) is 5.43 Å². The lowest BCUT2D eigenvalue weighted by molar-refractivity contribution is 0.624. The van der Waals surface area contributed by atoms with Crippen molar-refractivity contribution in [2.45, 2.75) is 0 Å². The standard InChI is InChI=1S/C7H6FN3.ClH/c8-6-2-1-3-7(11-10)5(6)4-9;/h1-3,11H,10H2;1H. The Kier molecular flexibility index (Phi) is 4.05.